The first-order valence-electron chi connectivity index (χ1n) is 14.0. The summed E-state index contributed by atoms with van der Waals surface area (Å²) in [6.45, 7) is 2.21. The Balaban J connectivity index is 1.25. The Kier molecular flexibility index (Phi) is 7.45. The molecule has 8 nitrogen and oxygen atoms in total. The number of carbonyl (C=O) groups is 2. The summed E-state index contributed by atoms with van der Waals surface area (Å²) >= 11 is 1.47. The molecule has 1 saturated carbocycles. The maximum atomic E-state index is 14.1. The summed E-state index contributed by atoms with van der Waals surface area (Å²) in [5, 5.41) is 7.14. The standard InChI is InChI=1S/C32H33N5O3S/c1-31(18-22-19-34-25-10-4-3-9-24(22)25,37-30(39)40-23-12-13-26-27(17-23)41-21-36-26)29(38)35-20-32(14-6-2-7-15-32)28-11-5-8-16-33-28/h3-5,8-13,16-17,19,21,34H,2,6-7,14-15,18,20H2,1H3,(H,35,38)(H,37,39)/t31-/m0/s1. The third kappa shape index (κ3) is 5.67. The number of hydrogen-bond acceptors (Lipinski definition) is 6. The topological polar surface area (TPSA) is 109 Å². The molecule has 0 saturated heterocycles. The molecule has 0 spiro atoms. The summed E-state index contributed by atoms with van der Waals surface area (Å²) in [4.78, 5) is 39.5. The number of aromatic nitrogens is 3. The number of H-pyrrole nitrogens is 1. The Morgan fingerprint density at radius 1 is 1.05 bits per heavy atom. The van der Waals surface area contributed by atoms with E-state index in [0.29, 0.717) is 12.3 Å². The van der Waals surface area contributed by atoms with Gasteiger partial charge in [-0.1, -0.05) is 43.5 Å². The zero-order chi connectivity index (χ0) is 28.3. The summed E-state index contributed by atoms with van der Waals surface area (Å²) in [6.07, 6.45) is 8.58. The maximum Gasteiger partial charge on any atom is 0.413 e. The van der Waals surface area contributed by atoms with Gasteiger partial charge in [-0.25, -0.2) is 9.78 Å². The third-order valence-electron chi connectivity index (χ3n) is 8.22. The van der Waals surface area contributed by atoms with Gasteiger partial charge in [0, 0.05) is 53.4 Å². The number of rotatable bonds is 8. The van der Waals surface area contributed by atoms with Gasteiger partial charge in [0.25, 0.3) is 0 Å². The van der Waals surface area contributed by atoms with Gasteiger partial charge in [0.05, 0.1) is 15.7 Å². The van der Waals surface area contributed by atoms with Crippen molar-refractivity contribution in [2.45, 2.75) is 56.4 Å². The van der Waals surface area contributed by atoms with Crippen LogP contribution in [0.2, 0.25) is 0 Å². The highest BCUT2D eigenvalue weighted by Crippen LogP contribution is 2.38. The molecular formula is C32H33N5O3S. The van der Waals surface area contributed by atoms with Crippen LogP contribution in [0.15, 0.2) is 78.6 Å². The highest BCUT2D eigenvalue weighted by molar-refractivity contribution is 7.16. The molecule has 9 heteroatoms. The van der Waals surface area contributed by atoms with Crippen LogP contribution in [0, 0.1) is 0 Å². The Hall–Kier alpha value is -4.24. The van der Waals surface area contributed by atoms with Crippen molar-refractivity contribution in [2.75, 3.05) is 6.54 Å². The molecule has 3 aromatic heterocycles. The first-order chi connectivity index (χ1) is 19.9. The fraction of sp³-hybridized carbons (Fsp3) is 0.312. The van der Waals surface area contributed by atoms with Crippen molar-refractivity contribution in [3.63, 3.8) is 0 Å². The molecule has 1 atom stereocenters. The number of ether oxygens (including phenoxy) is 1. The van der Waals surface area contributed by atoms with Crippen molar-refractivity contribution in [2.24, 2.45) is 0 Å². The van der Waals surface area contributed by atoms with Crippen molar-refractivity contribution in [1.29, 1.82) is 0 Å². The molecule has 1 fully saturated rings. The number of carbonyl (C=O) groups excluding carboxylic acids is 2. The number of thiazole rings is 1. The predicted octanol–water partition coefficient (Wildman–Crippen LogP) is 6.28. The fourth-order valence-electron chi connectivity index (χ4n) is 5.97. The van der Waals surface area contributed by atoms with Gasteiger partial charge in [-0.2, -0.15) is 0 Å². The van der Waals surface area contributed by atoms with Crippen LogP contribution in [0.4, 0.5) is 4.79 Å². The van der Waals surface area contributed by atoms with Gasteiger partial charge in [0.2, 0.25) is 5.91 Å². The van der Waals surface area contributed by atoms with Gasteiger partial charge >= 0.3 is 6.09 Å². The molecule has 1 aliphatic carbocycles. The van der Waals surface area contributed by atoms with E-state index in [1.807, 2.05) is 54.9 Å². The van der Waals surface area contributed by atoms with E-state index in [2.05, 4.69) is 31.7 Å². The van der Waals surface area contributed by atoms with Crippen molar-refractivity contribution in [3.8, 4) is 5.75 Å². The van der Waals surface area contributed by atoms with Crippen molar-refractivity contribution in [3.05, 3.63) is 89.8 Å². The maximum absolute atomic E-state index is 14.1. The number of aromatic amines is 1. The van der Waals surface area contributed by atoms with Gasteiger partial charge in [-0.05, 0) is 55.7 Å². The van der Waals surface area contributed by atoms with E-state index < -0.39 is 11.6 Å². The number of benzene rings is 2. The number of fused-ring (bicyclic) bond motifs is 2. The van der Waals surface area contributed by atoms with E-state index in [-0.39, 0.29) is 17.7 Å². The number of pyridine rings is 1. The average Bonchev–Trinajstić information content (AvgIpc) is 3.63. The van der Waals surface area contributed by atoms with Crippen LogP contribution in [0.1, 0.15) is 50.3 Å². The number of hydrogen-bond donors (Lipinski definition) is 3. The number of amides is 2. The third-order valence-corrected chi connectivity index (χ3v) is 9.01. The smallest absolute Gasteiger partial charge is 0.410 e. The van der Waals surface area contributed by atoms with Crippen LogP contribution >= 0.6 is 11.3 Å². The first-order valence-corrected chi connectivity index (χ1v) is 14.9. The summed E-state index contributed by atoms with van der Waals surface area (Å²) in [5.74, 6) is 0.129. The van der Waals surface area contributed by atoms with Crippen LogP contribution in [-0.2, 0) is 16.6 Å². The zero-order valence-electron chi connectivity index (χ0n) is 23.0. The quantitative estimate of drug-likeness (QED) is 0.204. The predicted molar refractivity (Wildman–Crippen MR) is 161 cm³/mol. The number of para-hydroxylation sites is 1. The van der Waals surface area contributed by atoms with Crippen LogP contribution in [0.25, 0.3) is 21.1 Å². The van der Waals surface area contributed by atoms with Crippen molar-refractivity contribution < 1.29 is 14.3 Å². The van der Waals surface area contributed by atoms with Crippen LogP contribution in [-0.4, -0.2) is 39.0 Å². The second kappa shape index (κ2) is 11.3. The van der Waals surface area contributed by atoms with E-state index >= 15 is 0 Å². The molecule has 2 aromatic carbocycles. The van der Waals surface area contributed by atoms with Gasteiger partial charge in [0.1, 0.15) is 11.3 Å². The van der Waals surface area contributed by atoms with E-state index in [4.69, 9.17) is 4.74 Å². The van der Waals surface area contributed by atoms with Crippen LogP contribution in [0.5, 0.6) is 5.75 Å². The Morgan fingerprint density at radius 2 is 1.88 bits per heavy atom. The highest BCUT2D eigenvalue weighted by atomic mass is 32.1. The summed E-state index contributed by atoms with van der Waals surface area (Å²) < 4.78 is 6.58. The lowest BCUT2D eigenvalue weighted by molar-refractivity contribution is -0.127. The molecule has 3 N–H and O–H groups in total. The molecule has 5 aromatic rings. The number of nitrogens with one attached hydrogen (secondary N) is 3. The van der Waals surface area contributed by atoms with E-state index in [1.165, 1.54) is 17.8 Å². The average molecular weight is 568 g/mol. The normalized spacial score (nSPS) is 16.2. The van der Waals surface area contributed by atoms with Crippen LogP contribution < -0.4 is 15.4 Å². The molecule has 0 unspecified atom stereocenters. The van der Waals surface area contributed by atoms with Gasteiger partial charge < -0.3 is 20.4 Å². The monoisotopic (exact) mass is 567 g/mol. The highest BCUT2D eigenvalue weighted by Gasteiger charge is 2.40. The SMILES string of the molecule is C[C@@](Cc1c[nH]c2ccccc12)(NC(=O)Oc1ccc2ncsc2c1)C(=O)NCC1(c2ccccn2)CCCCC1. The Bertz CT molecular complexity index is 1670. The summed E-state index contributed by atoms with van der Waals surface area (Å²) in [7, 11) is 0. The molecule has 1 aliphatic rings. The fourth-order valence-corrected chi connectivity index (χ4v) is 6.68. The Labute approximate surface area is 242 Å². The molecule has 3 heterocycles. The largest absolute Gasteiger partial charge is 0.413 e. The lowest BCUT2D eigenvalue weighted by Gasteiger charge is -2.38. The Morgan fingerprint density at radius 3 is 2.71 bits per heavy atom. The van der Waals surface area contributed by atoms with Gasteiger partial charge in [0.15, 0.2) is 0 Å². The number of nitrogens with zero attached hydrogens (tertiary/aromatic N) is 2. The summed E-state index contributed by atoms with van der Waals surface area (Å²) in [5.41, 5.74) is 3.99. The molecule has 41 heavy (non-hydrogen) atoms. The summed E-state index contributed by atoms with van der Waals surface area (Å²) in [6, 6.07) is 19.2. The van der Waals surface area contributed by atoms with Crippen molar-refractivity contribution >= 4 is 44.5 Å². The molecule has 210 valence electrons. The minimum Gasteiger partial charge on any atom is -0.410 e. The zero-order valence-corrected chi connectivity index (χ0v) is 23.8. The molecule has 6 rings (SSSR count). The molecule has 0 aliphatic heterocycles. The van der Waals surface area contributed by atoms with Crippen molar-refractivity contribution in [1.82, 2.24) is 25.6 Å². The van der Waals surface area contributed by atoms with Crippen LogP contribution in [0.3, 0.4) is 0 Å². The minimum absolute atomic E-state index is 0.235. The molecule has 0 bridgehead atoms. The molecule has 2 amide bonds. The second-order valence-corrected chi connectivity index (χ2v) is 12.0. The molecular weight excluding hydrogens is 534 g/mol. The van der Waals surface area contributed by atoms with E-state index in [9.17, 15) is 9.59 Å². The second-order valence-electron chi connectivity index (χ2n) is 11.1. The van der Waals surface area contributed by atoms with Gasteiger partial charge in [-0.3, -0.25) is 9.78 Å². The van der Waals surface area contributed by atoms with E-state index in [0.717, 1.165) is 58.1 Å². The molecule has 0 radical (unpaired) electrons. The van der Waals surface area contributed by atoms with E-state index in [1.54, 1.807) is 24.6 Å². The van der Waals surface area contributed by atoms with Gasteiger partial charge in [-0.15, -0.1) is 11.3 Å². The lowest BCUT2D eigenvalue weighted by Crippen LogP contribution is -2.60. The first kappa shape index (κ1) is 27.0. The minimum atomic E-state index is -1.28. The lowest BCUT2D eigenvalue weighted by atomic mass is 9.71.